The molecule has 3 rings (SSSR count). The zero-order chi connectivity index (χ0) is 15.0. The van der Waals surface area contributed by atoms with Gasteiger partial charge in [-0.05, 0) is 60.8 Å². The van der Waals surface area contributed by atoms with Crippen LogP contribution >= 0.6 is 0 Å². The van der Waals surface area contributed by atoms with E-state index in [0.717, 1.165) is 55.3 Å². The standard InChI is InChI=1S/C14H19N3O3S/c15-8-21(19,20)17-14(18)16-13-11-5-1-3-9(11)7-10-4-2-6-12(10)13/h7H,1-6,8,15H2,(H2,16,17,18). The zero-order valence-corrected chi connectivity index (χ0v) is 12.6. The molecule has 4 N–H and O–H groups in total. The van der Waals surface area contributed by atoms with E-state index in [-0.39, 0.29) is 0 Å². The van der Waals surface area contributed by atoms with E-state index >= 15 is 0 Å². The number of sulfonamides is 1. The van der Waals surface area contributed by atoms with E-state index in [1.54, 1.807) is 0 Å². The molecule has 0 radical (unpaired) electrons. The summed E-state index contributed by atoms with van der Waals surface area (Å²) in [5, 5.41) is 2.75. The van der Waals surface area contributed by atoms with Crippen LogP contribution in [0.5, 0.6) is 0 Å². The predicted octanol–water partition coefficient (Wildman–Crippen LogP) is 1.03. The molecule has 2 aliphatic carbocycles. The summed E-state index contributed by atoms with van der Waals surface area (Å²) in [5.41, 5.74) is 10.8. The van der Waals surface area contributed by atoms with Gasteiger partial charge in [0.25, 0.3) is 0 Å². The van der Waals surface area contributed by atoms with Gasteiger partial charge in [0.1, 0.15) is 5.88 Å². The quantitative estimate of drug-likeness (QED) is 0.776. The van der Waals surface area contributed by atoms with Crippen molar-refractivity contribution in [1.29, 1.82) is 0 Å². The van der Waals surface area contributed by atoms with Crippen LogP contribution in [0.15, 0.2) is 6.07 Å². The summed E-state index contributed by atoms with van der Waals surface area (Å²) in [4.78, 5) is 11.9. The van der Waals surface area contributed by atoms with Crippen molar-refractivity contribution < 1.29 is 13.2 Å². The van der Waals surface area contributed by atoms with Gasteiger partial charge in [0.05, 0.1) is 0 Å². The summed E-state index contributed by atoms with van der Waals surface area (Å²) < 4.78 is 24.7. The monoisotopic (exact) mass is 309 g/mol. The molecule has 0 unspecified atom stereocenters. The molecule has 1 aromatic rings. The van der Waals surface area contributed by atoms with Gasteiger partial charge in [0.15, 0.2) is 0 Å². The highest BCUT2D eigenvalue weighted by atomic mass is 32.2. The van der Waals surface area contributed by atoms with Gasteiger partial charge in [0, 0.05) is 5.69 Å². The lowest BCUT2D eigenvalue weighted by Crippen LogP contribution is -2.38. The molecule has 0 aromatic heterocycles. The van der Waals surface area contributed by atoms with E-state index in [1.807, 2.05) is 4.72 Å². The molecule has 0 spiro atoms. The molecule has 0 atom stereocenters. The van der Waals surface area contributed by atoms with E-state index < -0.39 is 21.9 Å². The number of nitrogens with two attached hydrogens (primary N) is 1. The largest absolute Gasteiger partial charge is 0.332 e. The second-order valence-corrected chi connectivity index (χ2v) is 7.34. The summed E-state index contributed by atoms with van der Waals surface area (Å²) in [7, 11) is -3.75. The van der Waals surface area contributed by atoms with E-state index in [2.05, 4.69) is 11.4 Å². The zero-order valence-electron chi connectivity index (χ0n) is 11.7. The number of carbonyl (C=O) groups is 1. The molecule has 7 heteroatoms. The van der Waals surface area contributed by atoms with E-state index in [1.165, 1.54) is 11.1 Å². The average molecular weight is 309 g/mol. The predicted molar refractivity (Wildman–Crippen MR) is 80.6 cm³/mol. The van der Waals surface area contributed by atoms with Gasteiger partial charge in [0.2, 0.25) is 10.0 Å². The highest BCUT2D eigenvalue weighted by Gasteiger charge is 2.25. The number of rotatable bonds is 3. The first-order valence-corrected chi connectivity index (χ1v) is 8.83. The molecule has 114 valence electrons. The number of fused-ring (bicyclic) bond motifs is 2. The first kappa shape index (κ1) is 14.3. The van der Waals surface area contributed by atoms with Crippen molar-refractivity contribution in [2.24, 2.45) is 5.73 Å². The van der Waals surface area contributed by atoms with Crippen LogP contribution in [0.1, 0.15) is 35.1 Å². The summed E-state index contributed by atoms with van der Waals surface area (Å²) in [6.07, 6.45) is 6.08. The Balaban J connectivity index is 1.91. The fraction of sp³-hybridized carbons (Fsp3) is 0.500. The first-order valence-electron chi connectivity index (χ1n) is 7.18. The Morgan fingerprint density at radius 3 is 2.19 bits per heavy atom. The van der Waals surface area contributed by atoms with Gasteiger partial charge in [-0.2, -0.15) is 0 Å². The molecule has 6 nitrogen and oxygen atoms in total. The minimum atomic E-state index is -3.75. The van der Waals surface area contributed by atoms with Gasteiger partial charge < -0.3 is 11.1 Å². The van der Waals surface area contributed by atoms with Crippen LogP contribution in [0.3, 0.4) is 0 Å². The number of urea groups is 1. The molecular weight excluding hydrogens is 290 g/mol. The summed E-state index contributed by atoms with van der Waals surface area (Å²) in [6, 6.07) is 1.53. The molecule has 2 aliphatic rings. The van der Waals surface area contributed by atoms with Crippen LogP contribution in [0.25, 0.3) is 0 Å². The molecular formula is C14H19N3O3S. The normalized spacial score (nSPS) is 16.4. The smallest absolute Gasteiger partial charge is 0.316 e. The second-order valence-electron chi connectivity index (χ2n) is 5.57. The van der Waals surface area contributed by atoms with Crippen LogP contribution in [-0.2, 0) is 35.7 Å². The lowest BCUT2D eigenvalue weighted by atomic mass is 9.99. The Morgan fingerprint density at radius 1 is 1.10 bits per heavy atom. The van der Waals surface area contributed by atoms with Gasteiger partial charge in [-0.25, -0.2) is 17.9 Å². The lowest BCUT2D eigenvalue weighted by Gasteiger charge is -2.16. The molecule has 21 heavy (non-hydrogen) atoms. The lowest BCUT2D eigenvalue weighted by molar-refractivity contribution is 0.256. The Morgan fingerprint density at radius 2 is 1.67 bits per heavy atom. The average Bonchev–Trinajstić information content (AvgIpc) is 3.06. The third-order valence-corrected chi connectivity index (χ3v) is 5.11. The Kier molecular flexibility index (Phi) is 3.62. The van der Waals surface area contributed by atoms with Crippen LogP contribution in [0.2, 0.25) is 0 Å². The van der Waals surface area contributed by atoms with Crippen molar-refractivity contribution in [2.45, 2.75) is 38.5 Å². The number of nitrogens with one attached hydrogen (secondary N) is 2. The van der Waals surface area contributed by atoms with Crippen LogP contribution in [0, 0.1) is 0 Å². The van der Waals surface area contributed by atoms with E-state index in [0.29, 0.717) is 0 Å². The highest BCUT2D eigenvalue weighted by molar-refractivity contribution is 7.89. The second kappa shape index (κ2) is 5.31. The topological polar surface area (TPSA) is 101 Å². The number of carbonyl (C=O) groups excluding carboxylic acids is 1. The van der Waals surface area contributed by atoms with Crippen LogP contribution in [-0.4, -0.2) is 20.3 Å². The van der Waals surface area contributed by atoms with Crippen molar-refractivity contribution in [3.63, 3.8) is 0 Å². The molecule has 0 aliphatic heterocycles. The molecule has 0 saturated carbocycles. The third kappa shape index (κ3) is 2.75. The number of benzene rings is 1. The van der Waals surface area contributed by atoms with Gasteiger partial charge in [-0.15, -0.1) is 0 Å². The molecule has 0 bridgehead atoms. The number of hydrogen-bond donors (Lipinski definition) is 3. The molecule has 0 fully saturated rings. The molecule has 1 aromatic carbocycles. The van der Waals surface area contributed by atoms with Crippen LogP contribution < -0.4 is 15.8 Å². The van der Waals surface area contributed by atoms with Crippen molar-refractivity contribution in [2.75, 3.05) is 11.2 Å². The molecule has 0 heterocycles. The van der Waals surface area contributed by atoms with Gasteiger partial charge in [-0.1, -0.05) is 6.07 Å². The SMILES string of the molecule is NCS(=O)(=O)NC(=O)Nc1c2c(cc3c1CCC3)CCC2. The number of aryl methyl sites for hydroxylation is 2. The maximum atomic E-state index is 11.9. The maximum absolute atomic E-state index is 11.9. The van der Waals surface area contributed by atoms with E-state index in [4.69, 9.17) is 5.73 Å². The van der Waals surface area contributed by atoms with Crippen molar-refractivity contribution in [1.82, 2.24) is 4.72 Å². The Labute approximate surface area is 124 Å². The molecule has 2 amide bonds. The van der Waals surface area contributed by atoms with Crippen molar-refractivity contribution in [3.05, 3.63) is 28.3 Å². The first-order chi connectivity index (χ1) is 10.00. The van der Waals surface area contributed by atoms with Crippen molar-refractivity contribution >= 4 is 21.7 Å². The summed E-state index contributed by atoms with van der Waals surface area (Å²) in [6.45, 7) is 0. The summed E-state index contributed by atoms with van der Waals surface area (Å²) >= 11 is 0. The van der Waals surface area contributed by atoms with E-state index in [9.17, 15) is 13.2 Å². The van der Waals surface area contributed by atoms with Crippen LogP contribution in [0.4, 0.5) is 10.5 Å². The fourth-order valence-corrected chi connectivity index (χ4v) is 3.71. The highest BCUT2D eigenvalue weighted by Crippen LogP contribution is 2.38. The third-order valence-electron chi connectivity index (χ3n) is 4.18. The van der Waals surface area contributed by atoms with Gasteiger partial charge >= 0.3 is 6.03 Å². The van der Waals surface area contributed by atoms with Crippen molar-refractivity contribution in [3.8, 4) is 0 Å². The van der Waals surface area contributed by atoms with Gasteiger partial charge in [-0.3, -0.25) is 0 Å². The Hall–Kier alpha value is -1.60. The minimum absolute atomic E-state index is 0.606. The fourth-order valence-electron chi connectivity index (χ4n) is 3.29. The molecule has 0 saturated heterocycles. The number of anilines is 1. The number of hydrogen-bond acceptors (Lipinski definition) is 4. The maximum Gasteiger partial charge on any atom is 0.332 e. The minimum Gasteiger partial charge on any atom is -0.316 e. The Bertz CT molecular complexity index is 666. The summed E-state index contributed by atoms with van der Waals surface area (Å²) in [5.74, 6) is -0.606. The number of amides is 2.